The van der Waals surface area contributed by atoms with Gasteiger partial charge in [-0.05, 0) is 49.6 Å². The average Bonchev–Trinajstić information content (AvgIpc) is 2.40. The van der Waals surface area contributed by atoms with Crippen LogP contribution < -0.4 is 4.72 Å². The van der Waals surface area contributed by atoms with Crippen LogP contribution in [0.1, 0.15) is 16.7 Å². The highest BCUT2D eigenvalue weighted by Gasteiger charge is 2.15. The van der Waals surface area contributed by atoms with Crippen LogP contribution >= 0.6 is 23.2 Å². The first kappa shape index (κ1) is 17.3. The van der Waals surface area contributed by atoms with E-state index in [9.17, 15) is 8.42 Å². The molecule has 1 N–H and O–H groups in total. The Labute approximate surface area is 141 Å². The third-order valence-electron chi connectivity index (χ3n) is 3.33. The van der Waals surface area contributed by atoms with Crippen LogP contribution in [0, 0.1) is 13.8 Å². The maximum absolute atomic E-state index is 12.2. The second-order valence-electron chi connectivity index (χ2n) is 5.18. The van der Waals surface area contributed by atoms with Crippen molar-refractivity contribution in [3.63, 3.8) is 0 Å². The van der Waals surface area contributed by atoms with Gasteiger partial charge in [-0.3, -0.25) is 0 Å². The number of nitrogens with one attached hydrogen (secondary N) is 1. The van der Waals surface area contributed by atoms with Crippen molar-refractivity contribution < 1.29 is 8.42 Å². The van der Waals surface area contributed by atoms with Crippen molar-refractivity contribution in [1.82, 2.24) is 4.72 Å². The van der Waals surface area contributed by atoms with E-state index >= 15 is 0 Å². The lowest BCUT2D eigenvalue weighted by atomic mass is 10.0. The standard InChI is InChI=1S/C16H17Cl2NO2S/c1-11-3-4-13(12(2)7-11)5-6-19-22(20,21)16-9-14(17)8-15(18)10-16/h3-4,7-10,19H,5-6H2,1-2H3. The van der Waals surface area contributed by atoms with Crippen molar-refractivity contribution in [2.75, 3.05) is 6.54 Å². The lowest BCUT2D eigenvalue weighted by Gasteiger charge is -2.10. The quantitative estimate of drug-likeness (QED) is 0.874. The highest BCUT2D eigenvalue weighted by atomic mass is 35.5. The zero-order valence-corrected chi connectivity index (χ0v) is 14.7. The average molecular weight is 358 g/mol. The summed E-state index contributed by atoms with van der Waals surface area (Å²) in [6.07, 6.45) is 0.625. The van der Waals surface area contributed by atoms with Gasteiger partial charge in [0.05, 0.1) is 4.90 Å². The largest absolute Gasteiger partial charge is 0.240 e. The van der Waals surface area contributed by atoms with E-state index in [0.717, 1.165) is 11.1 Å². The summed E-state index contributed by atoms with van der Waals surface area (Å²) in [4.78, 5) is 0.0747. The SMILES string of the molecule is Cc1ccc(CCNS(=O)(=O)c2cc(Cl)cc(Cl)c2)c(C)c1. The van der Waals surface area contributed by atoms with E-state index in [4.69, 9.17) is 23.2 Å². The molecule has 0 spiro atoms. The van der Waals surface area contributed by atoms with E-state index in [1.54, 1.807) is 0 Å². The molecule has 0 unspecified atom stereocenters. The van der Waals surface area contributed by atoms with Crippen molar-refractivity contribution in [2.24, 2.45) is 0 Å². The summed E-state index contributed by atoms with van der Waals surface area (Å²) >= 11 is 11.7. The fourth-order valence-corrected chi connectivity index (χ4v) is 3.97. The number of sulfonamides is 1. The molecule has 0 radical (unpaired) electrons. The molecular weight excluding hydrogens is 341 g/mol. The van der Waals surface area contributed by atoms with E-state index in [-0.39, 0.29) is 4.90 Å². The normalized spacial score (nSPS) is 11.6. The van der Waals surface area contributed by atoms with E-state index in [0.29, 0.717) is 23.0 Å². The van der Waals surface area contributed by atoms with Gasteiger partial charge < -0.3 is 0 Å². The Morgan fingerprint density at radius 2 is 1.64 bits per heavy atom. The first-order valence-electron chi connectivity index (χ1n) is 6.80. The summed E-state index contributed by atoms with van der Waals surface area (Å²) in [6.45, 7) is 4.37. The summed E-state index contributed by atoms with van der Waals surface area (Å²) in [6, 6.07) is 10.4. The van der Waals surface area contributed by atoms with Crippen LogP contribution in [0.3, 0.4) is 0 Å². The summed E-state index contributed by atoms with van der Waals surface area (Å²) in [7, 11) is -3.62. The summed E-state index contributed by atoms with van der Waals surface area (Å²) < 4.78 is 27.0. The molecule has 0 atom stereocenters. The van der Waals surface area contributed by atoms with Gasteiger partial charge in [0.2, 0.25) is 10.0 Å². The smallest absolute Gasteiger partial charge is 0.211 e. The molecule has 118 valence electrons. The van der Waals surface area contributed by atoms with Crippen molar-refractivity contribution in [2.45, 2.75) is 25.2 Å². The van der Waals surface area contributed by atoms with Gasteiger partial charge in [-0.25, -0.2) is 13.1 Å². The van der Waals surface area contributed by atoms with Crippen LogP contribution in [0.2, 0.25) is 10.0 Å². The summed E-state index contributed by atoms with van der Waals surface area (Å²) in [5.74, 6) is 0. The van der Waals surface area contributed by atoms with Crippen molar-refractivity contribution >= 4 is 33.2 Å². The van der Waals surface area contributed by atoms with Crippen LogP contribution in [-0.2, 0) is 16.4 Å². The molecule has 0 saturated carbocycles. The Morgan fingerprint density at radius 3 is 2.23 bits per heavy atom. The number of rotatable bonds is 5. The highest BCUT2D eigenvalue weighted by Crippen LogP contribution is 2.22. The minimum absolute atomic E-state index is 0.0747. The van der Waals surface area contributed by atoms with Gasteiger partial charge in [-0.2, -0.15) is 0 Å². The second-order valence-corrected chi connectivity index (χ2v) is 7.82. The number of benzene rings is 2. The molecular formula is C16H17Cl2NO2S. The molecule has 2 aromatic carbocycles. The van der Waals surface area contributed by atoms with Gasteiger partial charge in [-0.15, -0.1) is 0 Å². The molecule has 2 aromatic rings. The van der Waals surface area contributed by atoms with Gasteiger partial charge in [-0.1, -0.05) is 47.0 Å². The number of aryl methyl sites for hydroxylation is 2. The fourth-order valence-electron chi connectivity index (χ4n) is 2.21. The van der Waals surface area contributed by atoms with E-state index < -0.39 is 10.0 Å². The van der Waals surface area contributed by atoms with E-state index in [1.807, 2.05) is 26.0 Å². The van der Waals surface area contributed by atoms with Gasteiger partial charge >= 0.3 is 0 Å². The Morgan fingerprint density at radius 1 is 1.00 bits per heavy atom. The Kier molecular flexibility index (Phi) is 5.50. The molecule has 0 aliphatic heterocycles. The third kappa shape index (κ3) is 4.46. The zero-order chi connectivity index (χ0) is 16.3. The van der Waals surface area contributed by atoms with Gasteiger partial charge in [0.15, 0.2) is 0 Å². The molecule has 0 fully saturated rings. The molecule has 0 heterocycles. The zero-order valence-electron chi connectivity index (χ0n) is 12.4. The minimum Gasteiger partial charge on any atom is -0.211 e. The van der Waals surface area contributed by atoms with Gasteiger partial charge in [0, 0.05) is 16.6 Å². The second kappa shape index (κ2) is 7.01. The Hall–Kier alpha value is -1.07. The van der Waals surface area contributed by atoms with E-state index in [1.165, 1.54) is 23.8 Å². The Bertz CT molecular complexity index is 768. The van der Waals surface area contributed by atoms with Crippen molar-refractivity contribution in [3.8, 4) is 0 Å². The predicted molar refractivity (Wildman–Crippen MR) is 91.3 cm³/mol. The van der Waals surface area contributed by atoms with Crippen molar-refractivity contribution in [3.05, 3.63) is 63.1 Å². The molecule has 22 heavy (non-hydrogen) atoms. The minimum atomic E-state index is -3.62. The molecule has 0 aliphatic carbocycles. The molecule has 0 aromatic heterocycles. The van der Waals surface area contributed by atoms with Crippen LogP contribution in [0.4, 0.5) is 0 Å². The maximum Gasteiger partial charge on any atom is 0.240 e. The number of hydrogen-bond acceptors (Lipinski definition) is 2. The molecule has 0 amide bonds. The highest BCUT2D eigenvalue weighted by molar-refractivity contribution is 7.89. The Balaban J connectivity index is 2.06. The molecule has 0 saturated heterocycles. The predicted octanol–water partition coefficient (Wildman–Crippen LogP) is 4.13. The number of halogens is 2. The summed E-state index contributed by atoms with van der Waals surface area (Å²) in [5, 5.41) is 0.588. The number of hydrogen-bond donors (Lipinski definition) is 1. The molecule has 6 heteroatoms. The van der Waals surface area contributed by atoms with Crippen LogP contribution in [0.15, 0.2) is 41.3 Å². The van der Waals surface area contributed by atoms with Gasteiger partial charge in [0.25, 0.3) is 0 Å². The summed E-state index contributed by atoms with van der Waals surface area (Å²) in [5.41, 5.74) is 3.47. The van der Waals surface area contributed by atoms with Crippen molar-refractivity contribution in [1.29, 1.82) is 0 Å². The van der Waals surface area contributed by atoms with Crippen LogP contribution in [0.5, 0.6) is 0 Å². The first-order chi connectivity index (χ1) is 10.3. The first-order valence-corrected chi connectivity index (χ1v) is 9.04. The maximum atomic E-state index is 12.2. The van der Waals surface area contributed by atoms with Gasteiger partial charge in [0.1, 0.15) is 0 Å². The fraction of sp³-hybridized carbons (Fsp3) is 0.250. The van der Waals surface area contributed by atoms with Crippen LogP contribution in [-0.4, -0.2) is 15.0 Å². The third-order valence-corrected chi connectivity index (χ3v) is 5.21. The monoisotopic (exact) mass is 357 g/mol. The topological polar surface area (TPSA) is 46.2 Å². The van der Waals surface area contributed by atoms with Crippen LogP contribution in [0.25, 0.3) is 0 Å². The molecule has 3 nitrogen and oxygen atoms in total. The molecule has 0 aliphatic rings. The molecule has 0 bridgehead atoms. The lowest BCUT2D eigenvalue weighted by molar-refractivity contribution is 0.581. The lowest BCUT2D eigenvalue weighted by Crippen LogP contribution is -2.26. The molecule has 2 rings (SSSR count). The van der Waals surface area contributed by atoms with E-state index in [2.05, 4.69) is 10.8 Å².